The summed E-state index contributed by atoms with van der Waals surface area (Å²) >= 11 is 0. The molecule has 11 heteroatoms. The second kappa shape index (κ2) is 9.33. The van der Waals surface area contributed by atoms with Crippen molar-refractivity contribution in [3.05, 3.63) is 83.5 Å². The van der Waals surface area contributed by atoms with Crippen LogP contribution < -0.4 is 4.74 Å². The second-order valence-corrected chi connectivity index (χ2v) is 6.48. The van der Waals surface area contributed by atoms with Crippen LogP contribution in [0, 0.1) is 11.6 Å². The van der Waals surface area contributed by atoms with Crippen molar-refractivity contribution < 1.29 is 39.9 Å². The monoisotopic (exact) mass is 460 g/mol. The molecule has 0 unspecified atom stereocenters. The summed E-state index contributed by atoms with van der Waals surface area (Å²) in [6.07, 6.45) is -4.65. The first-order chi connectivity index (χ1) is 15.0. The van der Waals surface area contributed by atoms with Crippen molar-refractivity contribution in [3.8, 4) is 16.9 Å². The molecule has 3 aromatic rings. The molecule has 0 N–H and O–H groups in total. The number of alkyl halides is 3. The molecule has 0 saturated carbocycles. The number of aromatic nitrogens is 2. The van der Waals surface area contributed by atoms with E-state index in [1.807, 2.05) is 0 Å². The van der Waals surface area contributed by atoms with E-state index < -0.39 is 35.7 Å². The van der Waals surface area contributed by atoms with Gasteiger partial charge in [-0.25, -0.2) is 23.1 Å². The maximum Gasteiger partial charge on any atom is 0.573 e. The molecular formula is C21H12F8N2O. The molecule has 0 aliphatic rings. The Labute approximate surface area is 176 Å². The molecule has 0 fully saturated rings. The highest BCUT2D eigenvalue weighted by molar-refractivity contribution is 5.67. The molecule has 2 aromatic carbocycles. The van der Waals surface area contributed by atoms with E-state index in [2.05, 4.69) is 14.7 Å². The van der Waals surface area contributed by atoms with Crippen LogP contribution in [0.3, 0.4) is 0 Å². The van der Waals surface area contributed by atoms with E-state index in [1.54, 1.807) is 0 Å². The lowest BCUT2D eigenvalue weighted by Gasteiger charge is -2.11. The summed E-state index contributed by atoms with van der Waals surface area (Å²) in [5.74, 6) is -5.84. The van der Waals surface area contributed by atoms with Gasteiger partial charge >= 0.3 is 12.4 Å². The average molecular weight is 460 g/mol. The van der Waals surface area contributed by atoms with Gasteiger partial charge in [-0.1, -0.05) is 24.3 Å². The SMILES string of the molecule is FC(F)=C(F)c1ccc(-c2cnc(CCc3cc(F)c(OC(F)(F)F)c(F)c3)nc2)cc1. The zero-order valence-corrected chi connectivity index (χ0v) is 15.9. The smallest absolute Gasteiger partial charge is 0.399 e. The van der Waals surface area contributed by atoms with Gasteiger partial charge < -0.3 is 4.74 Å². The first kappa shape index (κ1) is 23.2. The Bertz CT molecular complexity index is 1100. The van der Waals surface area contributed by atoms with Gasteiger partial charge in [0.2, 0.25) is 5.75 Å². The Hall–Kier alpha value is -3.50. The van der Waals surface area contributed by atoms with Gasteiger partial charge in [0.1, 0.15) is 5.82 Å². The van der Waals surface area contributed by atoms with E-state index in [1.165, 1.54) is 36.7 Å². The number of nitrogens with zero attached hydrogens (tertiary/aromatic N) is 2. The fourth-order valence-corrected chi connectivity index (χ4v) is 2.78. The van der Waals surface area contributed by atoms with Crippen molar-refractivity contribution >= 4 is 5.83 Å². The predicted octanol–water partition coefficient (Wildman–Crippen LogP) is 6.64. The van der Waals surface area contributed by atoms with Crippen molar-refractivity contribution in [2.45, 2.75) is 19.2 Å². The molecule has 0 aliphatic heterocycles. The third kappa shape index (κ3) is 5.80. The summed E-state index contributed by atoms with van der Waals surface area (Å²) in [5.41, 5.74) is 0.846. The Balaban J connectivity index is 1.67. The van der Waals surface area contributed by atoms with Gasteiger partial charge in [0.25, 0.3) is 0 Å². The lowest BCUT2D eigenvalue weighted by atomic mass is 10.1. The molecule has 0 radical (unpaired) electrons. The van der Waals surface area contributed by atoms with Crippen LogP contribution in [-0.2, 0) is 12.8 Å². The van der Waals surface area contributed by atoms with Crippen molar-refractivity contribution in [2.24, 2.45) is 0 Å². The number of hydrogen-bond donors (Lipinski definition) is 0. The molecule has 3 nitrogen and oxygen atoms in total. The first-order valence-electron chi connectivity index (χ1n) is 8.89. The molecule has 0 aliphatic carbocycles. The lowest BCUT2D eigenvalue weighted by molar-refractivity contribution is -0.276. The van der Waals surface area contributed by atoms with Crippen LogP contribution in [0.5, 0.6) is 5.75 Å². The quantitative estimate of drug-likeness (QED) is 0.387. The number of benzene rings is 2. The molecule has 0 bridgehead atoms. The van der Waals surface area contributed by atoms with Crippen molar-refractivity contribution in [1.29, 1.82) is 0 Å². The summed E-state index contributed by atoms with van der Waals surface area (Å²) in [5, 5.41) is 0. The zero-order valence-electron chi connectivity index (χ0n) is 15.9. The number of halogens is 8. The summed E-state index contributed by atoms with van der Waals surface area (Å²) in [4.78, 5) is 8.18. The Morgan fingerprint density at radius 2 is 1.38 bits per heavy atom. The van der Waals surface area contributed by atoms with Gasteiger partial charge in [0, 0.05) is 29.9 Å². The highest BCUT2D eigenvalue weighted by Gasteiger charge is 2.34. The van der Waals surface area contributed by atoms with Crippen LogP contribution in [0.25, 0.3) is 17.0 Å². The van der Waals surface area contributed by atoms with E-state index in [9.17, 15) is 35.1 Å². The standard InChI is InChI=1S/C21H12F8N2O/c22-15-7-11(8-16(23)19(15)32-21(27,28)29)1-6-17-30-9-14(10-31-17)12-2-4-13(5-3-12)18(24)20(25)26/h2-5,7-10H,1,6H2. The fraction of sp³-hybridized carbons (Fsp3) is 0.143. The summed E-state index contributed by atoms with van der Waals surface area (Å²) in [6, 6.07) is 6.63. The van der Waals surface area contributed by atoms with Crippen LogP contribution >= 0.6 is 0 Å². The van der Waals surface area contributed by atoms with E-state index in [0.717, 1.165) is 12.1 Å². The summed E-state index contributed by atoms with van der Waals surface area (Å²) < 4.78 is 105. The lowest BCUT2D eigenvalue weighted by Crippen LogP contribution is -2.19. The van der Waals surface area contributed by atoms with Crippen molar-refractivity contribution in [3.63, 3.8) is 0 Å². The van der Waals surface area contributed by atoms with E-state index in [4.69, 9.17) is 0 Å². The average Bonchev–Trinajstić information content (AvgIpc) is 2.74. The summed E-state index contributed by atoms with van der Waals surface area (Å²) in [7, 11) is 0. The highest BCUT2D eigenvalue weighted by atomic mass is 19.4. The topological polar surface area (TPSA) is 35.0 Å². The van der Waals surface area contributed by atoms with E-state index in [-0.39, 0.29) is 29.8 Å². The van der Waals surface area contributed by atoms with Gasteiger partial charge in [0.05, 0.1) is 0 Å². The van der Waals surface area contributed by atoms with E-state index in [0.29, 0.717) is 11.1 Å². The molecule has 0 saturated heterocycles. The first-order valence-corrected chi connectivity index (χ1v) is 8.89. The fourth-order valence-electron chi connectivity index (χ4n) is 2.78. The summed E-state index contributed by atoms with van der Waals surface area (Å²) in [6.45, 7) is 0. The molecule has 0 spiro atoms. The maximum atomic E-state index is 13.8. The molecule has 0 atom stereocenters. The Morgan fingerprint density at radius 3 is 1.88 bits per heavy atom. The third-order valence-electron chi connectivity index (χ3n) is 4.26. The van der Waals surface area contributed by atoms with Crippen LogP contribution in [0.15, 0.2) is 54.9 Å². The maximum absolute atomic E-state index is 13.8. The minimum Gasteiger partial charge on any atom is -0.399 e. The van der Waals surface area contributed by atoms with Crippen LogP contribution in [0.2, 0.25) is 0 Å². The van der Waals surface area contributed by atoms with E-state index >= 15 is 0 Å². The van der Waals surface area contributed by atoms with Gasteiger partial charge in [0.15, 0.2) is 17.5 Å². The van der Waals surface area contributed by atoms with Crippen LogP contribution in [-0.4, -0.2) is 16.3 Å². The third-order valence-corrected chi connectivity index (χ3v) is 4.26. The second-order valence-electron chi connectivity index (χ2n) is 6.48. The minimum atomic E-state index is -5.23. The predicted molar refractivity (Wildman–Crippen MR) is 98.2 cm³/mol. The van der Waals surface area contributed by atoms with Crippen molar-refractivity contribution in [1.82, 2.24) is 9.97 Å². The molecule has 1 heterocycles. The van der Waals surface area contributed by atoms with Gasteiger partial charge in [-0.2, -0.15) is 8.78 Å². The number of rotatable bonds is 6. The largest absolute Gasteiger partial charge is 0.573 e. The van der Waals surface area contributed by atoms with Crippen LogP contribution in [0.1, 0.15) is 17.0 Å². The molecular weight excluding hydrogens is 448 g/mol. The van der Waals surface area contributed by atoms with Gasteiger partial charge in [-0.15, -0.1) is 13.2 Å². The van der Waals surface area contributed by atoms with Crippen molar-refractivity contribution in [2.75, 3.05) is 0 Å². The number of ether oxygens (including phenoxy) is 1. The van der Waals surface area contributed by atoms with Gasteiger partial charge in [-0.3, -0.25) is 0 Å². The molecule has 1 aromatic heterocycles. The number of aryl methyl sites for hydroxylation is 2. The van der Waals surface area contributed by atoms with Crippen LogP contribution in [0.4, 0.5) is 35.1 Å². The minimum absolute atomic E-state index is 0.0363. The molecule has 168 valence electrons. The Kier molecular flexibility index (Phi) is 6.75. The normalized spacial score (nSPS) is 11.4. The Morgan fingerprint density at radius 1 is 0.812 bits per heavy atom. The number of hydrogen-bond acceptors (Lipinski definition) is 3. The molecule has 3 rings (SSSR count). The van der Waals surface area contributed by atoms with Gasteiger partial charge in [-0.05, 0) is 29.7 Å². The zero-order chi connectivity index (χ0) is 23.5. The molecule has 32 heavy (non-hydrogen) atoms. The molecule has 0 amide bonds. The highest BCUT2D eigenvalue weighted by Crippen LogP contribution is 2.30.